The molecule has 1 aliphatic rings. The Labute approximate surface area is 121 Å². The molecule has 0 atom stereocenters. The van der Waals surface area contributed by atoms with Gasteiger partial charge < -0.3 is 10.0 Å². The van der Waals surface area contributed by atoms with E-state index in [9.17, 15) is 4.79 Å². The van der Waals surface area contributed by atoms with Crippen LogP contribution in [0.4, 0.5) is 5.69 Å². The minimum Gasteiger partial charge on any atom is -0.480 e. The Balaban J connectivity index is 2.03. The van der Waals surface area contributed by atoms with Gasteiger partial charge in [0.05, 0.1) is 0 Å². The van der Waals surface area contributed by atoms with Gasteiger partial charge in [0.25, 0.3) is 0 Å². The average Bonchev–Trinajstić information content (AvgIpc) is 2.41. The highest BCUT2D eigenvalue weighted by Gasteiger charge is 2.22. The van der Waals surface area contributed by atoms with Crippen LogP contribution in [0.15, 0.2) is 24.3 Å². The van der Waals surface area contributed by atoms with E-state index in [0.29, 0.717) is 5.92 Å². The van der Waals surface area contributed by atoms with Crippen molar-refractivity contribution < 1.29 is 9.90 Å². The first kappa shape index (κ1) is 14.9. The summed E-state index contributed by atoms with van der Waals surface area (Å²) < 4.78 is 0. The lowest BCUT2D eigenvalue weighted by atomic mass is 9.83. The van der Waals surface area contributed by atoms with Crippen molar-refractivity contribution in [1.82, 2.24) is 0 Å². The summed E-state index contributed by atoms with van der Waals surface area (Å²) in [7, 11) is 0. The molecule has 1 aromatic rings. The van der Waals surface area contributed by atoms with Gasteiger partial charge in [0.15, 0.2) is 0 Å². The molecule has 0 heterocycles. The highest BCUT2D eigenvalue weighted by molar-refractivity contribution is 5.73. The average molecular weight is 275 g/mol. The quantitative estimate of drug-likeness (QED) is 0.890. The number of nitrogens with zero attached hydrogens (tertiary/aromatic N) is 1. The summed E-state index contributed by atoms with van der Waals surface area (Å²) in [4.78, 5) is 13.1. The number of benzene rings is 1. The zero-order valence-electron chi connectivity index (χ0n) is 12.5. The Kier molecular flexibility index (Phi) is 5.05. The molecule has 1 N–H and O–H groups in total. The predicted octanol–water partition coefficient (Wildman–Crippen LogP) is 3.71. The number of rotatable bonds is 5. The van der Waals surface area contributed by atoms with E-state index in [1.54, 1.807) is 0 Å². The number of hydrogen-bond donors (Lipinski definition) is 1. The number of carbonyl (C=O) groups is 1. The van der Waals surface area contributed by atoms with Gasteiger partial charge in [0, 0.05) is 12.2 Å². The minimum atomic E-state index is -0.755. The van der Waals surface area contributed by atoms with Crippen molar-refractivity contribution >= 4 is 11.7 Å². The van der Waals surface area contributed by atoms with Crippen LogP contribution in [0.3, 0.4) is 0 Å². The van der Waals surface area contributed by atoms with Gasteiger partial charge in [0.2, 0.25) is 0 Å². The molecule has 1 aromatic carbocycles. The molecule has 20 heavy (non-hydrogen) atoms. The van der Waals surface area contributed by atoms with Crippen LogP contribution < -0.4 is 4.90 Å². The Bertz CT molecular complexity index is 433. The number of anilines is 1. The Morgan fingerprint density at radius 1 is 1.20 bits per heavy atom. The Morgan fingerprint density at radius 3 is 2.35 bits per heavy atom. The Morgan fingerprint density at radius 2 is 1.80 bits per heavy atom. The molecule has 0 bridgehead atoms. The zero-order valence-corrected chi connectivity index (χ0v) is 12.5. The maximum atomic E-state index is 11.1. The maximum absolute atomic E-state index is 11.1. The molecule has 0 unspecified atom stereocenters. The van der Waals surface area contributed by atoms with Crippen LogP contribution in [-0.2, 0) is 4.79 Å². The predicted molar refractivity (Wildman–Crippen MR) is 82.1 cm³/mol. The third-order valence-electron chi connectivity index (χ3n) is 4.34. The Hall–Kier alpha value is -1.51. The number of carboxylic acid groups (broad SMARTS) is 1. The van der Waals surface area contributed by atoms with Crippen LogP contribution in [0.5, 0.6) is 0 Å². The van der Waals surface area contributed by atoms with Crippen LogP contribution >= 0.6 is 0 Å². The number of hydrogen-bond acceptors (Lipinski definition) is 2. The van der Waals surface area contributed by atoms with E-state index in [1.165, 1.54) is 31.2 Å². The molecule has 1 saturated carbocycles. The van der Waals surface area contributed by atoms with E-state index in [4.69, 9.17) is 5.11 Å². The monoisotopic (exact) mass is 275 g/mol. The molecule has 0 aromatic heterocycles. The van der Waals surface area contributed by atoms with Crippen molar-refractivity contribution in [2.24, 2.45) is 11.8 Å². The van der Waals surface area contributed by atoms with Gasteiger partial charge in [-0.1, -0.05) is 37.5 Å². The van der Waals surface area contributed by atoms with Gasteiger partial charge in [-0.05, 0) is 43.7 Å². The lowest BCUT2D eigenvalue weighted by molar-refractivity contribution is -0.135. The van der Waals surface area contributed by atoms with Crippen LogP contribution in [0.2, 0.25) is 0 Å². The lowest BCUT2D eigenvalue weighted by Gasteiger charge is -2.32. The van der Waals surface area contributed by atoms with E-state index >= 15 is 0 Å². The summed E-state index contributed by atoms with van der Waals surface area (Å²) >= 11 is 0. The molecule has 0 aliphatic heterocycles. The molecule has 2 rings (SSSR count). The van der Waals surface area contributed by atoms with E-state index in [1.807, 2.05) is 36.1 Å². The summed E-state index contributed by atoms with van der Waals surface area (Å²) in [5.41, 5.74) is 2.23. The van der Waals surface area contributed by atoms with Crippen molar-refractivity contribution in [2.75, 3.05) is 18.0 Å². The van der Waals surface area contributed by atoms with Gasteiger partial charge >= 0.3 is 5.97 Å². The van der Waals surface area contributed by atoms with Crippen molar-refractivity contribution in [3.05, 3.63) is 29.8 Å². The topological polar surface area (TPSA) is 40.5 Å². The van der Waals surface area contributed by atoms with Gasteiger partial charge in [-0.15, -0.1) is 0 Å². The molecular formula is C17H25NO2. The molecule has 1 fully saturated rings. The van der Waals surface area contributed by atoms with Crippen LogP contribution in [0.1, 0.15) is 38.2 Å². The minimum absolute atomic E-state index is 0.0924. The fraction of sp³-hybridized carbons (Fsp3) is 0.588. The first-order valence-electron chi connectivity index (χ1n) is 7.58. The van der Waals surface area contributed by atoms with Gasteiger partial charge in [0.1, 0.15) is 6.54 Å². The van der Waals surface area contributed by atoms with Gasteiger partial charge in [-0.25, -0.2) is 0 Å². The number of aliphatic carboxylic acids is 1. The lowest BCUT2D eigenvalue weighted by Crippen LogP contribution is -2.35. The smallest absolute Gasteiger partial charge is 0.323 e. The van der Waals surface area contributed by atoms with Crippen molar-refractivity contribution in [1.29, 1.82) is 0 Å². The molecule has 0 amide bonds. The summed E-state index contributed by atoms with van der Waals surface area (Å²) in [6.45, 7) is 5.32. The number of carboxylic acids is 1. The van der Waals surface area contributed by atoms with E-state index in [0.717, 1.165) is 18.2 Å². The van der Waals surface area contributed by atoms with E-state index in [-0.39, 0.29) is 6.54 Å². The molecule has 3 nitrogen and oxygen atoms in total. The fourth-order valence-corrected chi connectivity index (χ4v) is 3.00. The summed E-state index contributed by atoms with van der Waals surface area (Å²) in [5, 5.41) is 9.13. The molecular weight excluding hydrogens is 250 g/mol. The van der Waals surface area contributed by atoms with Crippen LogP contribution in [-0.4, -0.2) is 24.2 Å². The molecule has 110 valence electrons. The third kappa shape index (κ3) is 4.26. The van der Waals surface area contributed by atoms with Crippen LogP contribution in [0, 0.1) is 18.8 Å². The number of aryl methyl sites for hydroxylation is 1. The summed E-state index contributed by atoms with van der Waals surface area (Å²) in [6.07, 6.45) is 5.01. The highest BCUT2D eigenvalue weighted by Crippen LogP contribution is 2.30. The van der Waals surface area contributed by atoms with Crippen molar-refractivity contribution in [2.45, 2.75) is 39.5 Å². The third-order valence-corrected chi connectivity index (χ3v) is 4.34. The first-order chi connectivity index (χ1) is 9.54. The fourth-order valence-electron chi connectivity index (χ4n) is 3.00. The normalized spacial score (nSPS) is 22.5. The zero-order chi connectivity index (χ0) is 14.5. The van der Waals surface area contributed by atoms with Crippen molar-refractivity contribution in [3.63, 3.8) is 0 Å². The maximum Gasteiger partial charge on any atom is 0.323 e. The van der Waals surface area contributed by atoms with Gasteiger partial charge in [-0.2, -0.15) is 0 Å². The largest absolute Gasteiger partial charge is 0.480 e. The second-order valence-electron chi connectivity index (χ2n) is 6.24. The molecule has 0 spiro atoms. The van der Waals surface area contributed by atoms with E-state index in [2.05, 4.69) is 6.92 Å². The van der Waals surface area contributed by atoms with Crippen LogP contribution in [0.25, 0.3) is 0 Å². The first-order valence-corrected chi connectivity index (χ1v) is 7.58. The second-order valence-corrected chi connectivity index (χ2v) is 6.24. The SMILES string of the molecule is Cc1ccc(N(CC(=O)O)CC2CCC(C)CC2)cc1. The van der Waals surface area contributed by atoms with Crippen molar-refractivity contribution in [3.8, 4) is 0 Å². The molecule has 1 aliphatic carbocycles. The van der Waals surface area contributed by atoms with Gasteiger partial charge in [-0.3, -0.25) is 4.79 Å². The molecule has 3 heteroatoms. The summed E-state index contributed by atoms with van der Waals surface area (Å²) in [6, 6.07) is 8.16. The molecule has 0 saturated heterocycles. The van der Waals surface area contributed by atoms with E-state index < -0.39 is 5.97 Å². The summed E-state index contributed by atoms with van der Waals surface area (Å²) in [5.74, 6) is 0.708. The molecule has 0 radical (unpaired) electrons. The second kappa shape index (κ2) is 6.78. The highest BCUT2D eigenvalue weighted by atomic mass is 16.4. The standard InChI is InChI=1S/C17H25NO2/c1-13-3-7-15(8-4-13)11-18(12-17(19)20)16-9-5-14(2)6-10-16/h5-6,9-10,13,15H,3-4,7-8,11-12H2,1-2H3,(H,19,20).